The molecule has 0 atom stereocenters. The fourth-order valence-corrected chi connectivity index (χ4v) is 2.34. The monoisotopic (exact) mass is 376 g/mol. The summed E-state index contributed by atoms with van der Waals surface area (Å²) >= 11 is 5.92. The standard InChI is InChI=1S/C19H18ClFN2O3/c1-23(19(25)9-6-13-4-3-5-15(21)10-13)12-18(24)22-16-11-14(20)7-8-17(16)26-2/h3-11H,12H2,1-2H3,(H,22,24). The molecule has 7 heteroatoms. The van der Waals surface area contributed by atoms with Crippen LogP contribution >= 0.6 is 11.6 Å². The number of carbonyl (C=O) groups is 2. The highest BCUT2D eigenvalue weighted by Crippen LogP contribution is 2.27. The second-order valence-electron chi connectivity index (χ2n) is 5.48. The molecule has 0 unspecified atom stereocenters. The molecule has 0 saturated carbocycles. The lowest BCUT2D eigenvalue weighted by Crippen LogP contribution is -2.33. The Labute approximate surface area is 156 Å². The molecular weight excluding hydrogens is 359 g/mol. The molecule has 2 aromatic rings. The van der Waals surface area contributed by atoms with E-state index < -0.39 is 5.91 Å². The summed E-state index contributed by atoms with van der Waals surface area (Å²) in [6, 6.07) is 10.7. The Kier molecular flexibility index (Phi) is 6.74. The average molecular weight is 377 g/mol. The number of amides is 2. The molecule has 136 valence electrons. The van der Waals surface area contributed by atoms with Gasteiger partial charge in [0.2, 0.25) is 11.8 Å². The molecule has 5 nitrogen and oxygen atoms in total. The van der Waals surface area contributed by atoms with E-state index in [-0.39, 0.29) is 18.3 Å². The second kappa shape index (κ2) is 9.01. The van der Waals surface area contributed by atoms with Crippen LogP contribution in [0.5, 0.6) is 5.75 Å². The smallest absolute Gasteiger partial charge is 0.246 e. The van der Waals surface area contributed by atoms with E-state index in [2.05, 4.69) is 5.32 Å². The molecule has 0 aliphatic carbocycles. The number of anilines is 1. The zero-order valence-corrected chi connectivity index (χ0v) is 15.1. The summed E-state index contributed by atoms with van der Waals surface area (Å²) in [6.45, 7) is -0.165. The highest BCUT2D eigenvalue weighted by molar-refractivity contribution is 6.31. The Morgan fingerprint density at radius 2 is 2.04 bits per heavy atom. The Morgan fingerprint density at radius 3 is 2.73 bits per heavy atom. The van der Waals surface area contributed by atoms with E-state index in [1.165, 1.54) is 43.3 Å². The van der Waals surface area contributed by atoms with Crippen molar-refractivity contribution in [2.75, 3.05) is 26.0 Å². The van der Waals surface area contributed by atoms with Gasteiger partial charge in [-0.2, -0.15) is 0 Å². The molecule has 0 radical (unpaired) electrons. The van der Waals surface area contributed by atoms with Crippen LogP contribution in [0.2, 0.25) is 5.02 Å². The number of nitrogens with one attached hydrogen (secondary N) is 1. The zero-order valence-electron chi connectivity index (χ0n) is 14.3. The molecule has 26 heavy (non-hydrogen) atoms. The molecule has 2 aromatic carbocycles. The highest BCUT2D eigenvalue weighted by Gasteiger charge is 2.13. The van der Waals surface area contributed by atoms with Crippen molar-refractivity contribution < 1.29 is 18.7 Å². The van der Waals surface area contributed by atoms with Crippen LogP contribution in [-0.2, 0) is 9.59 Å². The van der Waals surface area contributed by atoms with Gasteiger partial charge in [0, 0.05) is 18.1 Å². The third-order valence-corrected chi connectivity index (χ3v) is 3.69. The first-order valence-electron chi connectivity index (χ1n) is 7.71. The average Bonchev–Trinajstić information content (AvgIpc) is 2.59. The van der Waals surface area contributed by atoms with E-state index >= 15 is 0 Å². The van der Waals surface area contributed by atoms with Crippen LogP contribution in [0.3, 0.4) is 0 Å². The third-order valence-electron chi connectivity index (χ3n) is 3.46. The van der Waals surface area contributed by atoms with Crippen molar-refractivity contribution in [2.45, 2.75) is 0 Å². The van der Waals surface area contributed by atoms with Crippen molar-refractivity contribution in [1.29, 1.82) is 0 Å². The van der Waals surface area contributed by atoms with Crippen molar-refractivity contribution in [3.05, 3.63) is 64.9 Å². The molecule has 0 aliphatic heterocycles. The number of rotatable bonds is 6. The molecule has 1 N–H and O–H groups in total. The molecule has 0 aliphatic rings. The van der Waals surface area contributed by atoms with Crippen molar-refractivity contribution >= 4 is 35.2 Å². The number of carbonyl (C=O) groups excluding carboxylic acids is 2. The minimum Gasteiger partial charge on any atom is -0.495 e. The van der Waals surface area contributed by atoms with Gasteiger partial charge in [-0.15, -0.1) is 0 Å². The summed E-state index contributed by atoms with van der Waals surface area (Å²) in [7, 11) is 2.97. The number of nitrogens with zero attached hydrogens (tertiary/aromatic N) is 1. The highest BCUT2D eigenvalue weighted by atomic mass is 35.5. The van der Waals surface area contributed by atoms with Gasteiger partial charge in [0.05, 0.1) is 19.3 Å². The van der Waals surface area contributed by atoms with Crippen LogP contribution in [0, 0.1) is 5.82 Å². The van der Waals surface area contributed by atoms with Crippen LogP contribution < -0.4 is 10.1 Å². The zero-order chi connectivity index (χ0) is 19.1. The predicted octanol–water partition coefficient (Wildman–Crippen LogP) is 3.60. The van der Waals surface area contributed by atoms with E-state index in [9.17, 15) is 14.0 Å². The maximum Gasteiger partial charge on any atom is 0.246 e. The Morgan fingerprint density at radius 1 is 1.27 bits per heavy atom. The maximum absolute atomic E-state index is 13.1. The van der Waals surface area contributed by atoms with E-state index in [4.69, 9.17) is 16.3 Å². The molecular formula is C19H18ClFN2O3. The van der Waals surface area contributed by atoms with Gasteiger partial charge in [0.1, 0.15) is 11.6 Å². The van der Waals surface area contributed by atoms with Crippen molar-refractivity contribution in [3.8, 4) is 5.75 Å². The molecule has 0 bridgehead atoms. The SMILES string of the molecule is COc1ccc(Cl)cc1NC(=O)CN(C)C(=O)C=Cc1cccc(F)c1. The normalized spacial score (nSPS) is 10.6. The fourth-order valence-electron chi connectivity index (χ4n) is 2.17. The first kappa shape index (κ1) is 19.5. The topological polar surface area (TPSA) is 58.6 Å². The minimum atomic E-state index is -0.402. The molecule has 0 heterocycles. The lowest BCUT2D eigenvalue weighted by molar-refractivity contribution is -0.129. The molecule has 0 saturated heterocycles. The molecule has 0 fully saturated rings. The lowest BCUT2D eigenvalue weighted by Gasteiger charge is -2.16. The number of halogens is 2. The number of methoxy groups -OCH3 is 1. The summed E-state index contributed by atoms with van der Waals surface area (Å²) < 4.78 is 18.3. The van der Waals surface area contributed by atoms with Gasteiger partial charge >= 0.3 is 0 Å². The first-order valence-corrected chi connectivity index (χ1v) is 8.09. The number of hydrogen-bond donors (Lipinski definition) is 1. The van der Waals surface area contributed by atoms with E-state index in [0.717, 1.165) is 0 Å². The quantitative estimate of drug-likeness (QED) is 0.784. The van der Waals surface area contributed by atoms with E-state index in [0.29, 0.717) is 22.0 Å². The first-order chi connectivity index (χ1) is 12.4. The second-order valence-corrected chi connectivity index (χ2v) is 5.91. The van der Waals surface area contributed by atoms with Crippen LogP contribution in [0.15, 0.2) is 48.5 Å². The summed E-state index contributed by atoms with van der Waals surface area (Å²) in [6.07, 6.45) is 2.77. The van der Waals surface area contributed by atoms with Crippen LogP contribution in [-0.4, -0.2) is 37.4 Å². The Hall–Kier alpha value is -2.86. The van der Waals surface area contributed by atoms with Crippen LogP contribution in [0.4, 0.5) is 10.1 Å². The van der Waals surface area contributed by atoms with E-state index in [1.807, 2.05) is 0 Å². The molecule has 0 aromatic heterocycles. The molecule has 2 rings (SSSR count). The third kappa shape index (κ3) is 5.60. The number of ether oxygens (including phenoxy) is 1. The van der Waals surface area contributed by atoms with Gasteiger partial charge in [0.25, 0.3) is 0 Å². The number of hydrogen-bond acceptors (Lipinski definition) is 3. The number of benzene rings is 2. The van der Waals surface area contributed by atoms with Crippen molar-refractivity contribution in [2.24, 2.45) is 0 Å². The van der Waals surface area contributed by atoms with Gasteiger partial charge in [-0.3, -0.25) is 9.59 Å². The minimum absolute atomic E-state index is 0.165. The molecule has 2 amide bonds. The Balaban J connectivity index is 1.96. The van der Waals surface area contributed by atoms with Gasteiger partial charge < -0.3 is 15.0 Å². The van der Waals surface area contributed by atoms with Gasteiger partial charge in [0.15, 0.2) is 0 Å². The van der Waals surface area contributed by atoms with Gasteiger partial charge in [-0.05, 0) is 42.0 Å². The van der Waals surface area contributed by atoms with Crippen LogP contribution in [0.1, 0.15) is 5.56 Å². The summed E-state index contributed by atoms with van der Waals surface area (Å²) in [5.74, 6) is -0.714. The maximum atomic E-state index is 13.1. The van der Waals surface area contributed by atoms with Gasteiger partial charge in [-0.25, -0.2) is 4.39 Å². The van der Waals surface area contributed by atoms with E-state index in [1.54, 1.807) is 30.3 Å². The van der Waals surface area contributed by atoms with Crippen molar-refractivity contribution in [3.63, 3.8) is 0 Å². The van der Waals surface area contributed by atoms with Crippen molar-refractivity contribution in [1.82, 2.24) is 4.90 Å². The van der Waals surface area contributed by atoms with Gasteiger partial charge in [-0.1, -0.05) is 23.7 Å². The number of likely N-dealkylation sites (N-methyl/N-ethyl adjacent to an activating group) is 1. The largest absolute Gasteiger partial charge is 0.495 e. The van der Waals surface area contributed by atoms with Crippen LogP contribution in [0.25, 0.3) is 6.08 Å². The lowest BCUT2D eigenvalue weighted by atomic mass is 10.2. The fraction of sp³-hybridized carbons (Fsp3) is 0.158. The summed E-state index contributed by atoms with van der Waals surface area (Å²) in [5, 5.41) is 3.10. The Bertz CT molecular complexity index is 839. The summed E-state index contributed by atoms with van der Waals surface area (Å²) in [4.78, 5) is 25.5. The predicted molar refractivity (Wildman–Crippen MR) is 99.7 cm³/mol. The molecule has 0 spiro atoms. The summed E-state index contributed by atoms with van der Waals surface area (Å²) in [5.41, 5.74) is 0.973.